The van der Waals surface area contributed by atoms with Crippen molar-refractivity contribution < 1.29 is 24.2 Å². The summed E-state index contributed by atoms with van der Waals surface area (Å²) in [4.78, 5) is 41.8. The van der Waals surface area contributed by atoms with Gasteiger partial charge in [-0.15, -0.1) is 0 Å². The summed E-state index contributed by atoms with van der Waals surface area (Å²) >= 11 is 0. The van der Waals surface area contributed by atoms with E-state index in [1.165, 1.54) is 0 Å². The zero-order chi connectivity index (χ0) is 24.4. The number of fused-ring (bicyclic) bond motifs is 3. The van der Waals surface area contributed by atoms with Gasteiger partial charge in [-0.2, -0.15) is 0 Å². The molecule has 0 bridgehead atoms. The topological polar surface area (TPSA) is 109 Å². The van der Waals surface area contributed by atoms with Crippen LogP contribution in [0.4, 0.5) is 10.6 Å². The van der Waals surface area contributed by atoms with Gasteiger partial charge in [-0.3, -0.25) is 14.9 Å². The van der Waals surface area contributed by atoms with Crippen LogP contribution in [0.15, 0.2) is 66.7 Å². The Bertz CT molecular complexity index is 1240. The largest absolute Gasteiger partial charge is 0.481 e. The van der Waals surface area contributed by atoms with E-state index in [-0.39, 0.29) is 42.3 Å². The highest BCUT2D eigenvalue weighted by molar-refractivity contribution is 5.94. The van der Waals surface area contributed by atoms with Crippen molar-refractivity contribution in [1.82, 2.24) is 9.88 Å². The number of carboxylic acid groups (broad SMARTS) is 1. The van der Waals surface area contributed by atoms with Gasteiger partial charge >= 0.3 is 12.1 Å². The summed E-state index contributed by atoms with van der Waals surface area (Å²) < 4.78 is 5.55. The van der Waals surface area contributed by atoms with Crippen molar-refractivity contribution in [1.29, 1.82) is 0 Å². The normalized spacial score (nSPS) is 14.6. The molecule has 2 heterocycles. The number of likely N-dealkylation sites (tertiary alicyclic amines) is 1. The fourth-order valence-corrected chi connectivity index (χ4v) is 4.77. The van der Waals surface area contributed by atoms with Crippen molar-refractivity contribution in [2.45, 2.75) is 18.8 Å². The number of hydrogen-bond acceptors (Lipinski definition) is 5. The van der Waals surface area contributed by atoms with Crippen molar-refractivity contribution in [2.75, 3.05) is 25.0 Å². The third kappa shape index (κ3) is 4.73. The Kier molecular flexibility index (Phi) is 6.18. The summed E-state index contributed by atoms with van der Waals surface area (Å²) in [6.45, 7) is 1.21. The molecule has 35 heavy (non-hydrogen) atoms. The minimum Gasteiger partial charge on any atom is -0.481 e. The molecule has 8 heteroatoms. The second kappa shape index (κ2) is 9.58. The molecule has 1 aromatic heterocycles. The van der Waals surface area contributed by atoms with Crippen LogP contribution in [0.2, 0.25) is 0 Å². The first-order valence-electron chi connectivity index (χ1n) is 11.6. The zero-order valence-corrected chi connectivity index (χ0v) is 19.0. The second-order valence-electron chi connectivity index (χ2n) is 8.87. The molecule has 2 aliphatic rings. The van der Waals surface area contributed by atoms with Crippen LogP contribution in [0.25, 0.3) is 11.1 Å². The fraction of sp³-hybridized carbons (Fsp3) is 0.259. The molecule has 0 atom stereocenters. The Balaban J connectivity index is 1.18. The molecule has 0 spiro atoms. The lowest BCUT2D eigenvalue weighted by Crippen LogP contribution is -2.50. The predicted octanol–water partition coefficient (Wildman–Crippen LogP) is 4.38. The van der Waals surface area contributed by atoms with Crippen molar-refractivity contribution in [3.05, 3.63) is 83.6 Å². The lowest BCUT2D eigenvalue weighted by Gasteiger charge is -2.39. The fourth-order valence-electron chi connectivity index (χ4n) is 4.77. The lowest BCUT2D eigenvalue weighted by atomic mass is 9.94. The van der Waals surface area contributed by atoms with E-state index in [0.29, 0.717) is 19.5 Å². The van der Waals surface area contributed by atoms with Gasteiger partial charge in [0.25, 0.3) is 5.91 Å². The monoisotopic (exact) mass is 471 g/mol. The summed E-state index contributed by atoms with van der Waals surface area (Å²) in [7, 11) is 0. The number of rotatable bonds is 7. The molecule has 2 N–H and O–H groups in total. The zero-order valence-electron chi connectivity index (χ0n) is 19.0. The van der Waals surface area contributed by atoms with E-state index < -0.39 is 12.1 Å². The molecule has 2 aromatic carbocycles. The smallest absolute Gasteiger partial charge is 0.412 e. The number of ether oxygens (including phenoxy) is 1. The highest BCUT2D eigenvalue weighted by atomic mass is 16.5. The van der Waals surface area contributed by atoms with Gasteiger partial charge in [-0.05, 0) is 46.7 Å². The number of hydrogen-bond donors (Lipinski definition) is 2. The van der Waals surface area contributed by atoms with Crippen LogP contribution >= 0.6 is 0 Å². The van der Waals surface area contributed by atoms with Gasteiger partial charge < -0.3 is 14.7 Å². The van der Waals surface area contributed by atoms with Crippen LogP contribution in [0, 0.1) is 5.92 Å². The highest BCUT2D eigenvalue weighted by Gasteiger charge is 2.32. The highest BCUT2D eigenvalue weighted by Crippen LogP contribution is 2.44. The molecular formula is C27H25N3O5. The molecule has 0 saturated carbocycles. The van der Waals surface area contributed by atoms with Crippen molar-refractivity contribution in [3.8, 4) is 11.1 Å². The maximum Gasteiger partial charge on any atom is 0.412 e. The van der Waals surface area contributed by atoms with Crippen molar-refractivity contribution in [2.24, 2.45) is 5.92 Å². The number of pyridine rings is 1. The van der Waals surface area contributed by atoms with E-state index in [1.807, 2.05) is 24.3 Å². The maximum absolute atomic E-state index is 12.7. The summed E-state index contributed by atoms with van der Waals surface area (Å²) in [6.07, 6.45) is 0.0158. The molecule has 8 nitrogen and oxygen atoms in total. The third-order valence-electron chi connectivity index (χ3n) is 6.55. The van der Waals surface area contributed by atoms with Gasteiger partial charge in [0.1, 0.15) is 18.1 Å². The van der Waals surface area contributed by atoms with E-state index in [2.05, 4.69) is 34.6 Å². The maximum atomic E-state index is 12.7. The number of amides is 2. The van der Waals surface area contributed by atoms with Crippen LogP contribution < -0.4 is 5.32 Å². The van der Waals surface area contributed by atoms with Gasteiger partial charge in [0, 0.05) is 25.4 Å². The van der Waals surface area contributed by atoms with E-state index >= 15 is 0 Å². The lowest BCUT2D eigenvalue weighted by molar-refractivity contribution is -0.137. The van der Waals surface area contributed by atoms with Crippen molar-refractivity contribution >= 4 is 23.8 Å². The van der Waals surface area contributed by atoms with E-state index in [9.17, 15) is 14.4 Å². The molecule has 1 aliphatic carbocycles. The average Bonchev–Trinajstić information content (AvgIpc) is 3.15. The summed E-state index contributed by atoms with van der Waals surface area (Å²) in [5.41, 5.74) is 4.78. The number of aliphatic carboxylic acids is 1. The van der Waals surface area contributed by atoms with Gasteiger partial charge in [0.2, 0.25) is 0 Å². The Labute approximate surface area is 202 Å². The molecule has 178 valence electrons. The SMILES string of the molecule is O=C(O)CCC1CN(C(=O)c2cccc(NC(=O)OCC3c4ccccc4-c4ccccc43)n2)C1. The second-order valence-corrected chi connectivity index (χ2v) is 8.87. The standard InChI is InChI=1S/C27H25N3O5/c31-25(32)13-12-17-14-30(15-17)26(33)23-10-5-11-24(28-23)29-27(34)35-16-22-20-8-3-1-6-18(20)19-7-2-4-9-21(19)22/h1-11,17,22H,12-16H2,(H,31,32)(H,28,29,34). The predicted molar refractivity (Wildman–Crippen MR) is 129 cm³/mol. The van der Waals surface area contributed by atoms with E-state index in [1.54, 1.807) is 23.1 Å². The Hall–Kier alpha value is -4.20. The number of nitrogens with one attached hydrogen (secondary N) is 1. The summed E-state index contributed by atoms with van der Waals surface area (Å²) in [5, 5.41) is 11.4. The number of aromatic nitrogens is 1. The quantitative estimate of drug-likeness (QED) is 0.529. The number of anilines is 1. The Morgan fingerprint density at radius 1 is 0.943 bits per heavy atom. The molecule has 2 amide bonds. The van der Waals surface area contributed by atoms with E-state index in [4.69, 9.17) is 9.84 Å². The van der Waals surface area contributed by atoms with Crippen molar-refractivity contribution in [3.63, 3.8) is 0 Å². The average molecular weight is 472 g/mol. The van der Waals surface area contributed by atoms with Gasteiger partial charge in [0.05, 0.1) is 0 Å². The van der Waals surface area contributed by atoms with Crippen LogP contribution in [0.3, 0.4) is 0 Å². The minimum atomic E-state index is -0.830. The molecule has 1 saturated heterocycles. The molecule has 0 unspecified atom stereocenters. The molecule has 0 radical (unpaired) electrons. The van der Waals surface area contributed by atoms with Crippen LogP contribution in [-0.2, 0) is 9.53 Å². The number of carbonyl (C=O) groups is 3. The summed E-state index contributed by atoms with van der Waals surface area (Å²) in [6, 6.07) is 21.1. The van der Waals surface area contributed by atoms with Crippen LogP contribution in [-0.4, -0.2) is 52.7 Å². The van der Waals surface area contributed by atoms with Gasteiger partial charge in [-0.1, -0.05) is 54.6 Å². The van der Waals surface area contributed by atoms with Crippen LogP contribution in [0.1, 0.15) is 40.4 Å². The molecule has 3 aromatic rings. The number of carboxylic acids is 1. The molecule has 5 rings (SSSR count). The third-order valence-corrected chi connectivity index (χ3v) is 6.55. The van der Waals surface area contributed by atoms with Gasteiger partial charge in [0.15, 0.2) is 0 Å². The first kappa shape index (κ1) is 22.6. The number of benzene rings is 2. The summed E-state index contributed by atoms with van der Waals surface area (Å²) in [5.74, 6) is -0.695. The minimum absolute atomic E-state index is 0.0467. The molecule has 1 aliphatic heterocycles. The Morgan fingerprint density at radius 2 is 1.60 bits per heavy atom. The molecule has 1 fully saturated rings. The molecular weight excluding hydrogens is 446 g/mol. The van der Waals surface area contributed by atoms with Crippen LogP contribution in [0.5, 0.6) is 0 Å². The number of nitrogens with zero attached hydrogens (tertiary/aromatic N) is 2. The first-order valence-corrected chi connectivity index (χ1v) is 11.6. The Morgan fingerprint density at radius 3 is 2.26 bits per heavy atom. The van der Waals surface area contributed by atoms with E-state index in [0.717, 1.165) is 22.3 Å². The van der Waals surface area contributed by atoms with Gasteiger partial charge in [-0.25, -0.2) is 9.78 Å². The number of carbonyl (C=O) groups excluding carboxylic acids is 2. The first-order chi connectivity index (χ1) is 17.0.